The van der Waals surface area contributed by atoms with Crippen LogP contribution < -0.4 is 15.0 Å². The first-order valence-corrected chi connectivity index (χ1v) is 14.4. The summed E-state index contributed by atoms with van der Waals surface area (Å²) < 4.78 is 11.8. The van der Waals surface area contributed by atoms with E-state index < -0.39 is 11.9 Å². The van der Waals surface area contributed by atoms with Crippen molar-refractivity contribution in [2.24, 2.45) is 0 Å². The number of hydrogen-bond donors (Lipinski definition) is 1. The van der Waals surface area contributed by atoms with Gasteiger partial charge in [0.05, 0.1) is 18.7 Å². The van der Waals surface area contributed by atoms with E-state index in [2.05, 4.69) is 45.4 Å². The summed E-state index contributed by atoms with van der Waals surface area (Å²) in [6.45, 7) is 6.20. The van der Waals surface area contributed by atoms with Gasteiger partial charge < -0.3 is 19.3 Å². The van der Waals surface area contributed by atoms with Crippen LogP contribution in [0.5, 0.6) is 5.75 Å². The van der Waals surface area contributed by atoms with Crippen LogP contribution in [-0.2, 0) is 27.4 Å². The lowest BCUT2D eigenvalue weighted by atomic mass is 10.0. The van der Waals surface area contributed by atoms with Crippen molar-refractivity contribution in [3.63, 3.8) is 0 Å². The van der Waals surface area contributed by atoms with Gasteiger partial charge >= 0.3 is 0 Å². The van der Waals surface area contributed by atoms with Crippen molar-refractivity contribution in [3.05, 3.63) is 65.2 Å². The second kappa shape index (κ2) is 10.8. The molecule has 41 heavy (non-hydrogen) atoms. The molecule has 1 aromatic heterocycles. The molecule has 2 unspecified atom stereocenters. The Morgan fingerprint density at radius 2 is 1.85 bits per heavy atom. The number of amides is 3. The first-order valence-electron chi connectivity index (χ1n) is 14.4. The highest BCUT2D eigenvalue weighted by Gasteiger charge is 2.39. The normalized spacial score (nSPS) is 23.3. The zero-order valence-corrected chi connectivity index (χ0v) is 22.9. The van der Waals surface area contributed by atoms with Gasteiger partial charge in [-0.15, -0.1) is 0 Å². The second-order valence-electron chi connectivity index (χ2n) is 11.3. The van der Waals surface area contributed by atoms with Crippen LogP contribution >= 0.6 is 0 Å². The zero-order chi connectivity index (χ0) is 27.9. The predicted octanol–water partition coefficient (Wildman–Crippen LogP) is 2.49. The minimum atomic E-state index is -0.613. The monoisotopic (exact) mass is 555 g/mol. The Labute approximate surface area is 238 Å². The molecule has 3 amide bonds. The lowest BCUT2D eigenvalue weighted by Gasteiger charge is -2.29. The van der Waals surface area contributed by atoms with Crippen LogP contribution in [-0.4, -0.2) is 84.0 Å². The van der Waals surface area contributed by atoms with E-state index >= 15 is 0 Å². The fourth-order valence-electron chi connectivity index (χ4n) is 6.34. The van der Waals surface area contributed by atoms with Crippen LogP contribution in [0.1, 0.15) is 40.7 Å². The third-order valence-corrected chi connectivity index (χ3v) is 8.51. The summed E-state index contributed by atoms with van der Waals surface area (Å²) >= 11 is 0. The van der Waals surface area contributed by atoms with Gasteiger partial charge in [0.15, 0.2) is 0 Å². The molecule has 2 aromatic carbocycles. The van der Waals surface area contributed by atoms with Crippen LogP contribution in [0.2, 0.25) is 0 Å². The fraction of sp³-hybridized carbons (Fsp3) is 0.419. The number of imide groups is 1. The summed E-state index contributed by atoms with van der Waals surface area (Å²) in [6, 6.07) is 15.7. The molecule has 1 N–H and O–H groups in total. The molecule has 3 fully saturated rings. The quantitative estimate of drug-likeness (QED) is 0.463. The number of likely N-dealkylation sites (tertiary alicyclic amines) is 1. The van der Waals surface area contributed by atoms with Gasteiger partial charge in [-0.2, -0.15) is 0 Å². The van der Waals surface area contributed by atoms with Crippen LogP contribution in [0.4, 0.5) is 5.82 Å². The average Bonchev–Trinajstić information content (AvgIpc) is 3.56. The number of nitrogens with zero attached hydrogens (tertiary/aromatic N) is 4. The van der Waals surface area contributed by atoms with Crippen molar-refractivity contribution in [3.8, 4) is 5.75 Å². The Hall–Kier alpha value is -4.02. The van der Waals surface area contributed by atoms with Crippen LogP contribution in [0, 0.1) is 0 Å². The maximum absolute atomic E-state index is 13.0. The van der Waals surface area contributed by atoms with Crippen molar-refractivity contribution < 1.29 is 23.9 Å². The summed E-state index contributed by atoms with van der Waals surface area (Å²) in [6.07, 6.45) is 1.59. The average molecular weight is 556 g/mol. The van der Waals surface area contributed by atoms with E-state index in [9.17, 15) is 14.4 Å². The van der Waals surface area contributed by atoms with E-state index in [4.69, 9.17) is 14.5 Å². The predicted molar refractivity (Wildman–Crippen MR) is 152 cm³/mol. The number of hydrogen-bond acceptors (Lipinski definition) is 8. The smallest absolute Gasteiger partial charge is 0.255 e. The molecule has 0 bridgehead atoms. The Bertz CT molecular complexity index is 1520. The second-order valence-corrected chi connectivity index (χ2v) is 11.3. The largest absolute Gasteiger partial charge is 0.489 e. The number of piperidine rings is 1. The summed E-state index contributed by atoms with van der Waals surface area (Å²) in [7, 11) is 0. The zero-order valence-electron chi connectivity index (χ0n) is 22.9. The third kappa shape index (κ3) is 5.25. The van der Waals surface area contributed by atoms with Gasteiger partial charge in [-0.1, -0.05) is 6.07 Å². The standard InChI is InChI=1S/C31H33N5O5/c37-29-8-6-27(30(38)33-29)36-18-22-16-23(3-4-25(22)31(36)39)41-24-9-10-34(19-24)17-20-1-5-26-21(15-20)2-7-28(32-26)35-11-13-40-14-12-35/h1-5,7,15-16,24,27H,6,8-14,17-19H2,(H,33,37,38). The maximum atomic E-state index is 13.0. The number of anilines is 1. The minimum absolute atomic E-state index is 0.0644. The molecule has 0 radical (unpaired) electrons. The van der Waals surface area contributed by atoms with Crippen LogP contribution in [0.15, 0.2) is 48.5 Å². The Morgan fingerprint density at radius 1 is 0.976 bits per heavy atom. The highest BCUT2D eigenvalue weighted by molar-refractivity contribution is 6.05. The number of carbonyl (C=O) groups excluding carboxylic acids is 3. The molecule has 2 atom stereocenters. The van der Waals surface area contributed by atoms with E-state index in [1.807, 2.05) is 12.1 Å². The molecular weight excluding hydrogens is 522 g/mol. The minimum Gasteiger partial charge on any atom is -0.489 e. The molecule has 4 aliphatic heterocycles. The van der Waals surface area contributed by atoms with Crippen LogP contribution in [0.3, 0.4) is 0 Å². The third-order valence-electron chi connectivity index (χ3n) is 8.51. The van der Waals surface area contributed by atoms with Gasteiger partial charge in [0.25, 0.3) is 5.91 Å². The maximum Gasteiger partial charge on any atom is 0.255 e. The van der Waals surface area contributed by atoms with Gasteiger partial charge in [-0.05, 0) is 66.4 Å². The number of benzene rings is 2. The molecule has 10 heteroatoms. The van der Waals surface area contributed by atoms with Crippen molar-refractivity contribution in [2.75, 3.05) is 44.3 Å². The van der Waals surface area contributed by atoms with E-state index in [-0.39, 0.29) is 24.3 Å². The molecule has 0 saturated carbocycles. The van der Waals surface area contributed by atoms with Crippen molar-refractivity contribution >= 4 is 34.4 Å². The Kier molecular flexibility index (Phi) is 6.80. The lowest BCUT2D eigenvalue weighted by Crippen LogP contribution is -2.52. The molecule has 0 aliphatic carbocycles. The van der Waals surface area contributed by atoms with Gasteiger partial charge in [0, 0.05) is 56.6 Å². The summed E-state index contributed by atoms with van der Waals surface area (Å²) in [5.74, 6) is 0.891. The van der Waals surface area contributed by atoms with E-state index in [1.54, 1.807) is 11.0 Å². The molecule has 212 valence electrons. The van der Waals surface area contributed by atoms with Crippen molar-refractivity contribution in [1.82, 2.24) is 20.1 Å². The van der Waals surface area contributed by atoms with Gasteiger partial charge in [0.2, 0.25) is 11.8 Å². The van der Waals surface area contributed by atoms with Crippen LogP contribution in [0.25, 0.3) is 10.9 Å². The number of pyridine rings is 1. The molecule has 0 spiro atoms. The number of carbonyl (C=O) groups is 3. The Morgan fingerprint density at radius 3 is 2.71 bits per heavy atom. The summed E-state index contributed by atoms with van der Waals surface area (Å²) in [5.41, 5.74) is 3.71. The lowest BCUT2D eigenvalue weighted by molar-refractivity contribution is -0.136. The molecule has 4 aliphatic rings. The van der Waals surface area contributed by atoms with Crippen molar-refractivity contribution in [2.45, 2.75) is 44.5 Å². The SMILES string of the molecule is O=C1CCC(N2Cc3cc(OC4CCN(Cc5ccc6nc(N7CCOCC7)ccc6c5)C4)ccc3C2=O)C(=O)N1. The highest BCUT2D eigenvalue weighted by atomic mass is 16.5. The van der Waals surface area contributed by atoms with Gasteiger partial charge in [-0.3, -0.25) is 24.6 Å². The van der Waals surface area contributed by atoms with E-state index in [0.717, 1.165) is 80.4 Å². The highest BCUT2D eigenvalue weighted by Crippen LogP contribution is 2.31. The fourth-order valence-corrected chi connectivity index (χ4v) is 6.34. The number of ether oxygens (including phenoxy) is 2. The molecule has 7 rings (SSSR count). The van der Waals surface area contributed by atoms with E-state index in [1.165, 1.54) is 5.56 Å². The first kappa shape index (κ1) is 25.9. The molecule has 3 saturated heterocycles. The van der Waals surface area contributed by atoms with Gasteiger partial charge in [-0.25, -0.2) is 4.98 Å². The topological polar surface area (TPSA) is 104 Å². The number of aromatic nitrogens is 1. The van der Waals surface area contributed by atoms with Crippen molar-refractivity contribution in [1.29, 1.82) is 0 Å². The number of rotatable bonds is 6. The summed E-state index contributed by atoms with van der Waals surface area (Å²) in [4.78, 5) is 47.9. The Balaban J connectivity index is 0.960. The summed E-state index contributed by atoms with van der Waals surface area (Å²) in [5, 5.41) is 3.49. The number of morpholine rings is 1. The molecular formula is C31H33N5O5. The van der Waals surface area contributed by atoms with E-state index in [0.29, 0.717) is 18.5 Å². The molecule has 3 aromatic rings. The molecule has 5 heterocycles. The molecule has 10 nitrogen and oxygen atoms in total. The number of fused-ring (bicyclic) bond motifs is 2. The first-order chi connectivity index (χ1) is 20.0. The number of nitrogens with one attached hydrogen (secondary N) is 1. The van der Waals surface area contributed by atoms with Gasteiger partial charge in [0.1, 0.15) is 23.7 Å².